The lowest BCUT2D eigenvalue weighted by atomic mass is 10.2. The molecule has 126 valence electrons. The van der Waals surface area contributed by atoms with Crippen molar-refractivity contribution in [3.05, 3.63) is 39.8 Å². The number of nitrogens with one attached hydrogen (secondary N) is 1. The lowest BCUT2D eigenvalue weighted by Gasteiger charge is -2.11. The molecule has 0 aliphatic heterocycles. The summed E-state index contributed by atoms with van der Waals surface area (Å²) >= 11 is 1.30. The van der Waals surface area contributed by atoms with Gasteiger partial charge in [0.25, 0.3) is 12.3 Å². The van der Waals surface area contributed by atoms with Gasteiger partial charge in [0, 0.05) is 23.7 Å². The number of hydrogen-bond donors (Lipinski definition) is 2. The van der Waals surface area contributed by atoms with Gasteiger partial charge in [-0.05, 0) is 18.6 Å². The topological polar surface area (TPSA) is 77.2 Å². The summed E-state index contributed by atoms with van der Waals surface area (Å²) in [5, 5.41) is 4.92. The maximum atomic E-state index is 12.2. The Morgan fingerprint density at radius 2 is 2.22 bits per heavy atom. The van der Waals surface area contributed by atoms with Crippen LogP contribution in [0.4, 0.5) is 14.5 Å². The molecule has 0 unspecified atom stereocenters. The normalized spacial score (nSPS) is 10.3. The van der Waals surface area contributed by atoms with Gasteiger partial charge in [0.2, 0.25) is 0 Å². The lowest BCUT2D eigenvalue weighted by Crippen LogP contribution is -2.13. The molecule has 1 amide bonds. The SMILES string of the molecule is Cc1ccc(NC(=O)c2csc(CN)n2)cc1OCC(F)F.Cl. The van der Waals surface area contributed by atoms with Gasteiger partial charge in [-0.3, -0.25) is 4.79 Å². The minimum Gasteiger partial charge on any atom is -0.487 e. The number of rotatable bonds is 6. The number of amides is 1. The van der Waals surface area contributed by atoms with Crippen LogP contribution in [0.1, 0.15) is 21.1 Å². The molecule has 0 atom stereocenters. The Kier molecular flexibility index (Phi) is 7.34. The molecule has 9 heteroatoms. The lowest BCUT2D eigenvalue weighted by molar-refractivity contribution is 0.0815. The van der Waals surface area contributed by atoms with Gasteiger partial charge in [0.05, 0.1) is 0 Å². The highest BCUT2D eigenvalue weighted by Gasteiger charge is 2.12. The van der Waals surface area contributed by atoms with Crippen LogP contribution >= 0.6 is 23.7 Å². The van der Waals surface area contributed by atoms with Crippen LogP contribution in [0.5, 0.6) is 5.75 Å². The molecular formula is C14H16ClF2N3O2S. The number of thiazole rings is 1. The van der Waals surface area contributed by atoms with E-state index in [0.29, 0.717) is 22.0 Å². The van der Waals surface area contributed by atoms with E-state index in [-0.39, 0.29) is 30.6 Å². The standard InChI is InChI=1S/C14H15F2N3O2S.ClH/c1-8-2-3-9(4-11(8)21-6-12(15)16)18-14(20)10-7-22-13(5-17)19-10;/h2-4,7,12H,5-6,17H2,1H3,(H,18,20);1H. The molecule has 0 fully saturated rings. The molecule has 0 saturated carbocycles. The first kappa shape index (κ1) is 19.3. The number of nitrogens with two attached hydrogens (primary N) is 1. The van der Waals surface area contributed by atoms with Crippen LogP contribution < -0.4 is 15.8 Å². The summed E-state index contributed by atoms with van der Waals surface area (Å²) in [7, 11) is 0. The largest absolute Gasteiger partial charge is 0.487 e. The second-order valence-electron chi connectivity index (χ2n) is 4.47. The molecular weight excluding hydrogens is 348 g/mol. The van der Waals surface area contributed by atoms with Gasteiger partial charge in [-0.25, -0.2) is 13.8 Å². The molecule has 1 aromatic carbocycles. The summed E-state index contributed by atoms with van der Waals surface area (Å²) < 4.78 is 29.4. The van der Waals surface area contributed by atoms with E-state index in [4.69, 9.17) is 10.5 Å². The van der Waals surface area contributed by atoms with E-state index >= 15 is 0 Å². The third kappa shape index (κ3) is 5.42. The quantitative estimate of drug-likeness (QED) is 0.826. The van der Waals surface area contributed by atoms with E-state index in [9.17, 15) is 13.6 Å². The summed E-state index contributed by atoms with van der Waals surface area (Å²) in [6.45, 7) is 1.32. The van der Waals surface area contributed by atoms with E-state index in [2.05, 4.69) is 10.3 Å². The van der Waals surface area contributed by atoms with Crippen LogP contribution in [0.2, 0.25) is 0 Å². The Labute approximate surface area is 142 Å². The molecule has 2 rings (SSSR count). The number of aryl methyl sites for hydroxylation is 1. The van der Waals surface area contributed by atoms with Crippen LogP contribution in [0.25, 0.3) is 0 Å². The number of carbonyl (C=O) groups is 1. The van der Waals surface area contributed by atoms with Crippen LogP contribution in [0.15, 0.2) is 23.6 Å². The summed E-state index contributed by atoms with van der Waals surface area (Å²) in [4.78, 5) is 16.1. The molecule has 1 heterocycles. The molecule has 2 aromatic rings. The number of benzene rings is 1. The minimum absolute atomic E-state index is 0. The number of anilines is 1. The molecule has 1 aromatic heterocycles. The predicted molar refractivity (Wildman–Crippen MR) is 87.9 cm³/mol. The monoisotopic (exact) mass is 363 g/mol. The van der Waals surface area contributed by atoms with Gasteiger partial charge >= 0.3 is 0 Å². The molecule has 0 radical (unpaired) electrons. The van der Waals surface area contributed by atoms with Crippen LogP contribution in [-0.4, -0.2) is 23.9 Å². The Morgan fingerprint density at radius 3 is 2.83 bits per heavy atom. The van der Waals surface area contributed by atoms with E-state index in [1.807, 2.05) is 0 Å². The first-order valence-electron chi connectivity index (χ1n) is 6.47. The molecule has 3 N–H and O–H groups in total. The van der Waals surface area contributed by atoms with Gasteiger partial charge < -0.3 is 15.8 Å². The van der Waals surface area contributed by atoms with Crippen molar-refractivity contribution in [3.8, 4) is 5.75 Å². The summed E-state index contributed by atoms with van der Waals surface area (Å²) in [5.74, 6) is -0.0846. The Bertz CT molecular complexity index is 667. The van der Waals surface area contributed by atoms with Crippen molar-refractivity contribution >= 4 is 35.3 Å². The van der Waals surface area contributed by atoms with Gasteiger partial charge in [-0.15, -0.1) is 23.7 Å². The van der Waals surface area contributed by atoms with Gasteiger partial charge in [-0.2, -0.15) is 0 Å². The van der Waals surface area contributed by atoms with Crippen molar-refractivity contribution in [3.63, 3.8) is 0 Å². The Morgan fingerprint density at radius 1 is 1.48 bits per heavy atom. The average molecular weight is 364 g/mol. The fourth-order valence-electron chi connectivity index (χ4n) is 1.69. The zero-order valence-corrected chi connectivity index (χ0v) is 13.8. The molecule has 0 spiro atoms. The van der Waals surface area contributed by atoms with E-state index in [0.717, 1.165) is 0 Å². The highest BCUT2D eigenvalue weighted by atomic mass is 35.5. The van der Waals surface area contributed by atoms with Crippen LogP contribution in [-0.2, 0) is 6.54 Å². The highest BCUT2D eigenvalue weighted by Crippen LogP contribution is 2.23. The number of alkyl halides is 2. The summed E-state index contributed by atoms with van der Waals surface area (Å²) in [5.41, 5.74) is 6.87. The van der Waals surface area contributed by atoms with Crippen LogP contribution in [0, 0.1) is 6.92 Å². The number of carbonyl (C=O) groups excluding carboxylic acids is 1. The van der Waals surface area contributed by atoms with Crippen molar-refractivity contribution < 1.29 is 18.3 Å². The number of hydrogen-bond acceptors (Lipinski definition) is 5. The minimum atomic E-state index is -2.55. The van der Waals surface area contributed by atoms with Crippen molar-refractivity contribution in [2.75, 3.05) is 11.9 Å². The molecule has 23 heavy (non-hydrogen) atoms. The smallest absolute Gasteiger partial charge is 0.275 e. The number of aromatic nitrogens is 1. The Balaban J connectivity index is 0.00000264. The Hall–Kier alpha value is -1.77. The first-order chi connectivity index (χ1) is 10.5. The molecule has 0 aliphatic carbocycles. The highest BCUT2D eigenvalue weighted by molar-refractivity contribution is 7.09. The third-order valence-electron chi connectivity index (χ3n) is 2.77. The van der Waals surface area contributed by atoms with Crippen molar-refractivity contribution in [1.29, 1.82) is 0 Å². The maximum absolute atomic E-state index is 12.2. The molecule has 0 saturated heterocycles. The van der Waals surface area contributed by atoms with Gasteiger partial charge in [0.1, 0.15) is 23.1 Å². The number of ether oxygens (including phenoxy) is 1. The zero-order chi connectivity index (χ0) is 16.1. The fourth-order valence-corrected chi connectivity index (χ4v) is 2.34. The zero-order valence-electron chi connectivity index (χ0n) is 12.2. The molecule has 0 aliphatic rings. The molecule has 5 nitrogen and oxygen atoms in total. The second kappa shape index (κ2) is 8.76. The predicted octanol–water partition coefficient (Wildman–Crippen LogP) is 3.23. The summed E-state index contributed by atoms with van der Waals surface area (Å²) in [6.07, 6.45) is -2.55. The third-order valence-corrected chi connectivity index (χ3v) is 3.64. The van der Waals surface area contributed by atoms with Crippen LogP contribution in [0.3, 0.4) is 0 Å². The summed E-state index contributed by atoms with van der Waals surface area (Å²) in [6, 6.07) is 4.85. The number of halogens is 3. The van der Waals surface area contributed by atoms with Crippen molar-refractivity contribution in [2.45, 2.75) is 19.9 Å². The number of nitrogens with zero attached hydrogens (tertiary/aromatic N) is 1. The first-order valence-corrected chi connectivity index (χ1v) is 7.35. The van der Waals surface area contributed by atoms with E-state index in [1.54, 1.807) is 24.4 Å². The second-order valence-corrected chi connectivity index (χ2v) is 5.41. The van der Waals surface area contributed by atoms with E-state index in [1.165, 1.54) is 17.4 Å². The van der Waals surface area contributed by atoms with E-state index < -0.39 is 13.0 Å². The maximum Gasteiger partial charge on any atom is 0.275 e. The van der Waals surface area contributed by atoms with Gasteiger partial charge in [0.15, 0.2) is 0 Å². The van der Waals surface area contributed by atoms with Gasteiger partial charge in [-0.1, -0.05) is 6.07 Å². The molecule has 0 bridgehead atoms. The van der Waals surface area contributed by atoms with Crippen molar-refractivity contribution in [2.24, 2.45) is 5.73 Å². The fraction of sp³-hybridized carbons (Fsp3) is 0.286. The van der Waals surface area contributed by atoms with Crippen molar-refractivity contribution in [1.82, 2.24) is 4.98 Å². The average Bonchev–Trinajstić information content (AvgIpc) is 2.96.